The van der Waals surface area contributed by atoms with E-state index < -0.39 is 0 Å². The number of hydrogen-bond acceptors (Lipinski definition) is 2. The van der Waals surface area contributed by atoms with Gasteiger partial charge in [0.25, 0.3) is 0 Å². The predicted molar refractivity (Wildman–Crippen MR) is 331 cm³/mol. The average Bonchev–Trinajstić information content (AvgIpc) is 4.43. The topological polar surface area (TPSA) is 26.2 Å². The van der Waals surface area contributed by atoms with Gasteiger partial charge in [-0.2, -0.15) is 0 Å². The first-order valence-corrected chi connectivity index (χ1v) is 27.3. The lowest BCUT2D eigenvalue weighted by molar-refractivity contribution is 0.660. The minimum Gasteiger partial charge on any atom is -0.455 e. The van der Waals surface area contributed by atoms with Crippen LogP contribution in [0.5, 0.6) is 0 Å². The molecule has 372 valence electrons. The zero-order chi connectivity index (χ0) is 52.3. The lowest BCUT2D eigenvalue weighted by Crippen LogP contribution is -2.17. The van der Waals surface area contributed by atoms with Crippen LogP contribution in [0.1, 0.15) is 25.0 Å². The highest BCUT2D eigenvalue weighted by molar-refractivity contribution is 6.12. The average molecular weight is 1010 g/mol. The van der Waals surface area contributed by atoms with Crippen molar-refractivity contribution in [3.8, 4) is 55.9 Å². The number of para-hydroxylation sites is 6. The van der Waals surface area contributed by atoms with Crippen molar-refractivity contribution in [2.75, 3.05) is 4.90 Å². The Morgan fingerprint density at radius 1 is 0.304 bits per heavy atom. The molecule has 0 bridgehead atoms. The van der Waals surface area contributed by atoms with Gasteiger partial charge in [0.15, 0.2) is 0 Å². The summed E-state index contributed by atoms with van der Waals surface area (Å²) in [4.78, 5) is 2.41. The number of anilines is 3. The minimum atomic E-state index is -0.265. The third kappa shape index (κ3) is 7.01. The molecule has 1 aliphatic rings. The van der Waals surface area contributed by atoms with Gasteiger partial charge < -0.3 is 18.5 Å². The van der Waals surface area contributed by atoms with Crippen molar-refractivity contribution in [2.45, 2.75) is 19.3 Å². The van der Waals surface area contributed by atoms with E-state index >= 15 is 0 Å². The fourth-order valence-corrected chi connectivity index (χ4v) is 13.1. The van der Waals surface area contributed by atoms with Crippen molar-refractivity contribution in [1.82, 2.24) is 9.13 Å². The van der Waals surface area contributed by atoms with Crippen LogP contribution in [0.2, 0.25) is 0 Å². The SMILES string of the molecule is CC1(C)c2cc(N(c3ccc(-c4ccc(-c5ccc6c(c5)c5ccccc5n6-c5ccccc5)cc4)cc3)c3ccc(-c4cccc5c4oc4ccccc45)cc3)ccc2-c2ccc(-n3c4ccccc4c4ccccc43)cc21. The lowest BCUT2D eigenvalue weighted by atomic mass is 9.82. The number of furan rings is 1. The predicted octanol–water partition coefficient (Wildman–Crippen LogP) is 20.6. The van der Waals surface area contributed by atoms with Gasteiger partial charge in [-0.15, -0.1) is 0 Å². The second-order valence-electron chi connectivity index (χ2n) is 21.7. The summed E-state index contributed by atoms with van der Waals surface area (Å²) >= 11 is 0. The van der Waals surface area contributed by atoms with E-state index in [2.05, 4.69) is 295 Å². The molecule has 15 aromatic rings. The van der Waals surface area contributed by atoms with E-state index in [0.29, 0.717) is 0 Å². The Balaban J connectivity index is 0.762. The van der Waals surface area contributed by atoms with Crippen molar-refractivity contribution < 1.29 is 4.42 Å². The molecule has 0 spiro atoms. The smallest absolute Gasteiger partial charge is 0.143 e. The summed E-state index contributed by atoms with van der Waals surface area (Å²) in [5, 5.41) is 7.30. The first-order chi connectivity index (χ1) is 38.9. The number of hydrogen-bond donors (Lipinski definition) is 0. The molecule has 0 amide bonds. The highest BCUT2D eigenvalue weighted by Gasteiger charge is 2.37. The maximum atomic E-state index is 6.52. The van der Waals surface area contributed by atoms with Crippen molar-refractivity contribution in [1.29, 1.82) is 0 Å². The molecule has 0 radical (unpaired) electrons. The summed E-state index contributed by atoms with van der Waals surface area (Å²) in [6, 6.07) is 99.8. The summed E-state index contributed by atoms with van der Waals surface area (Å²) in [5.41, 5.74) is 24.1. The fourth-order valence-electron chi connectivity index (χ4n) is 13.1. The van der Waals surface area contributed by atoms with Crippen LogP contribution in [-0.4, -0.2) is 9.13 Å². The van der Waals surface area contributed by atoms with Crippen LogP contribution in [-0.2, 0) is 5.41 Å². The summed E-state index contributed by atoms with van der Waals surface area (Å²) in [6.07, 6.45) is 0. The first kappa shape index (κ1) is 45.1. The van der Waals surface area contributed by atoms with Crippen LogP contribution in [0.4, 0.5) is 17.1 Å². The van der Waals surface area contributed by atoms with Gasteiger partial charge in [-0.3, -0.25) is 0 Å². The quantitative estimate of drug-likeness (QED) is 0.152. The number of fused-ring (bicyclic) bond motifs is 12. The molecule has 0 N–H and O–H groups in total. The van der Waals surface area contributed by atoms with Crippen LogP contribution in [0.25, 0.3) is 121 Å². The number of rotatable bonds is 8. The van der Waals surface area contributed by atoms with Crippen LogP contribution < -0.4 is 4.90 Å². The van der Waals surface area contributed by atoms with Crippen LogP contribution >= 0.6 is 0 Å². The highest BCUT2D eigenvalue weighted by Crippen LogP contribution is 2.52. The molecular weight excluding hydrogens is 959 g/mol. The molecular formula is C75H51N3O. The first-order valence-electron chi connectivity index (χ1n) is 27.3. The molecule has 0 unspecified atom stereocenters. The van der Waals surface area contributed by atoms with Crippen molar-refractivity contribution in [2.24, 2.45) is 0 Å². The van der Waals surface area contributed by atoms with E-state index in [1.54, 1.807) is 0 Å². The molecule has 3 aromatic heterocycles. The Kier molecular flexibility index (Phi) is 9.95. The zero-order valence-corrected chi connectivity index (χ0v) is 43.7. The van der Waals surface area contributed by atoms with Crippen molar-refractivity contribution >= 4 is 82.6 Å². The van der Waals surface area contributed by atoms with E-state index in [1.807, 2.05) is 6.07 Å². The van der Waals surface area contributed by atoms with Gasteiger partial charge in [-0.25, -0.2) is 0 Å². The summed E-state index contributed by atoms with van der Waals surface area (Å²) in [6.45, 7) is 4.77. The molecule has 0 saturated heterocycles. The van der Waals surface area contributed by atoms with Gasteiger partial charge in [0.1, 0.15) is 11.2 Å². The summed E-state index contributed by atoms with van der Waals surface area (Å²) < 4.78 is 11.3. The monoisotopic (exact) mass is 1010 g/mol. The maximum Gasteiger partial charge on any atom is 0.143 e. The third-order valence-electron chi connectivity index (χ3n) is 16.9. The molecule has 0 atom stereocenters. The van der Waals surface area contributed by atoms with Gasteiger partial charge in [0.2, 0.25) is 0 Å². The summed E-state index contributed by atoms with van der Waals surface area (Å²) in [5.74, 6) is 0. The van der Waals surface area contributed by atoms with Gasteiger partial charge >= 0.3 is 0 Å². The van der Waals surface area contributed by atoms with E-state index in [9.17, 15) is 0 Å². The Bertz CT molecular complexity index is 4850. The summed E-state index contributed by atoms with van der Waals surface area (Å²) in [7, 11) is 0. The highest BCUT2D eigenvalue weighted by atomic mass is 16.3. The largest absolute Gasteiger partial charge is 0.455 e. The zero-order valence-electron chi connectivity index (χ0n) is 43.7. The van der Waals surface area contributed by atoms with Gasteiger partial charge in [0, 0.05) is 71.7 Å². The Labute approximate surface area is 457 Å². The Hall–Kier alpha value is -10.2. The number of nitrogens with zero attached hydrogens (tertiary/aromatic N) is 3. The van der Waals surface area contributed by atoms with E-state index in [1.165, 1.54) is 93.9 Å². The second-order valence-corrected chi connectivity index (χ2v) is 21.7. The maximum absolute atomic E-state index is 6.52. The Morgan fingerprint density at radius 3 is 1.43 bits per heavy atom. The number of benzene rings is 12. The minimum absolute atomic E-state index is 0.265. The van der Waals surface area contributed by atoms with E-state index in [4.69, 9.17) is 4.42 Å². The van der Waals surface area contributed by atoms with Crippen LogP contribution in [0, 0.1) is 0 Å². The molecule has 0 saturated carbocycles. The molecule has 4 heteroatoms. The molecule has 0 aliphatic heterocycles. The van der Waals surface area contributed by atoms with E-state index in [-0.39, 0.29) is 5.41 Å². The number of aromatic nitrogens is 2. The fraction of sp³-hybridized carbons (Fsp3) is 0.0400. The molecule has 79 heavy (non-hydrogen) atoms. The van der Waals surface area contributed by atoms with Gasteiger partial charge in [-0.1, -0.05) is 190 Å². The van der Waals surface area contributed by atoms with Crippen LogP contribution in [0.15, 0.2) is 277 Å². The standard InChI is InChI=1S/C75H51N3O/c1-75(2)67-46-56(40-42-59(67)60-43-41-57(47-68(60)75)78-69-23-10-6-17-61(69)62-18-7-11-24-70(62)78)76(55-38-33-51(34-39-55)58-21-14-22-65-64-20-9-13-26-73(64)79-74(58)65)54-36-31-49(32-37-54)48-27-29-50(30-28-48)52-35-44-72-66(45-52)63-19-8-12-25-71(63)77(72)53-15-4-3-5-16-53/h3-47H,1-2H3. The van der Waals surface area contributed by atoms with Crippen LogP contribution in [0.3, 0.4) is 0 Å². The normalized spacial score (nSPS) is 12.8. The second kappa shape index (κ2) is 17.4. The molecule has 1 aliphatic carbocycles. The van der Waals surface area contributed by atoms with Gasteiger partial charge in [-0.05, 0) is 147 Å². The molecule has 0 fully saturated rings. The molecule has 12 aromatic carbocycles. The van der Waals surface area contributed by atoms with Crippen molar-refractivity contribution in [3.63, 3.8) is 0 Å². The molecule has 3 heterocycles. The molecule has 4 nitrogen and oxygen atoms in total. The molecule has 16 rings (SSSR count). The van der Waals surface area contributed by atoms with E-state index in [0.717, 1.165) is 55.7 Å². The third-order valence-corrected chi connectivity index (χ3v) is 16.9. The van der Waals surface area contributed by atoms with Crippen molar-refractivity contribution in [3.05, 3.63) is 284 Å². The Morgan fingerprint density at radius 2 is 0.772 bits per heavy atom. The van der Waals surface area contributed by atoms with Gasteiger partial charge in [0.05, 0.1) is 22.1 Å². The lowest BCUT2D eigenvalue weighted by Gasteiger charge is -2.28.